The predicted molar refractivity (Wildman–Crippen MR) is 113 cm³/mol. The summed E-state index contributed by atoms with van der Waals surface area (Å²) in [4.78, 5) is 19.3. The number of amidine groups is 1. The van der Waals surface area contributed by atoms with Crippen molar-refractivity contribution >= 4 is 23.5 Å². The van der Waals surface area contributed by atoms with Crippen LogP contribution in [-0.4, -0.2) is 18.9 Å². The Labute approximate surface area is 168 Å². The van der Waals surface area contributed by atoms with Crippen molar-refractivity contribution in [2.45, 2.75) is 6.92 Å². The van der Waals surface area contributed by atoms with Crippen LogP contribution in [-0.2, 0) is 4.79 Å². The fraction of sp³-hybridized carbons (Fsp3) is 0.0833. The molecule has 0 bridgehead atoms. The highest BCUT2D eigenvalue weighted by Gasteiger charge is 2.33. The maximum atomic E-state index is 14.6. The smallest absolute Gasteiger partial charge is 0.282 e. The van der Waals surface area contributed by atoms with Gasteiger partial charge in [0.2, 0.25) is 0 Å². The molecule has 4 nitrogen and oxygen atoms in total. The van der Waals surface area contributed by atoms with Crippen LogP contribution in [0.3, 0.4) is 0 Å². The number of hydrogen-bond acceptors (Lipinski definition) is 3. The molecule has 0 atom stereocenters. The number of rotatable bonds is 4. The highest BCUT2D eigenvalue weighted by Crippen LogP contribution is 2.30. The molecule has 29 heavy (non-hydrogen) atoms. The molecule has 5 heteroatoms. The van der Waals surface area contributed by atoms with Crippen LogP contribution in [0.4, 0.5) is 10.1 Å². The van der Waals surface area contributed by atoms with Gasteiger partial charge in [0.15, 0.2) is 5.84 Å². The Morgan fingerprint density at radius 2 is 1.76 bits per heavy atom. The van der Waals surface area contributed by atoms with Crippen LogP contribution < -0.4 is 9.64 Å². The number of nitrogens with zero attached hydrogens (tertiary/aromatic N) is 2. The molecule has 1 amide bonds. The molecule has 1 heterocycles. The van der Waals surface area contributed by atoms with E-state index in [1.807, 2.05) is 55.5 Å². The van der Waals surface area contributed by atoms with Gasteiger partial charge in [-0.15, -0.1) is 0 Å². The first kappa shape index (κ1) is 18.6. The summed E-state index contributed by atoms with van der Waals surface area (Å²) < 4.78 is 19.9. The van der Waals surface area contributed by atoms with Gasteiger partial charge in [-0.1, -0.05) is 42.5 Å². The summed E-state index contributed by atoms with van der Waals surface area (Å²) >= 11 is 0. The van der Waals surface area contributed by atoms with Gasteiger partial charge in [-0.2, -0.15) is 0 Å². The van der Waals surface area contributed by atoms with E-state index in [2.05, 4.69) is 4.99 Å². The molecule has 3 aromatic carbocycles. The molecule has 1 aliphatic heterocycles. The van der Waals surface area contributed by atoms with Gasteiger partial charge >= 0.3 is 0 Å². The number of benzene rings is 3. The number of anilines is 1. The molecule has 0 fully saturated rings. The second-order valence-electron chi connectivity index (χ2n) is 6.67. The maximum Gasteiger partial charge on any atom is 0.282 e. The minimum absolute atomic E-state index is 0.217. The average molecular weight is 386 g/mol. The minimum atomic E-state index is -0.435. The summed E-state index contributed by atoms with van der Waals surface area (Å²) in [6, 6.07) is 21.2. The summed E-state index contributed by atoms with van der Waals surface area (Å²) in [6.07, 6.45) is 1.66. The predicted octanol–water partition coefficient (Wildman–Crippen LogP) is 4.98. The standard InChI is InChI=1S/C24H19FN2O2/c1-16-8-7-10-18(14-16)27-23(19-11-4-5-12-20(19)25)26-21(24(27)28)15-17-9-3-6-13-22(17)29-2/h3-15H,1-2H3/b21-15+. The van der Waals surface area contributed by atoms with E-state index in [1.54, 1.807) is 31.4 Å². The molecule has 3 aromatic rings. The number of ether oxygens (including phenoxy) is 1. The summed E-state index contributed by atoms with van der Waals surface area (Å²) in [7, 11) is 1.57. The highest BCUT2D eigenvalue weighted by atomic mass is 19.1. The number of carbonyl (C=O) groups excluding carboxylic acids is 1. The lowest BCUT2D eigenvalue weighted by molar-refractivity contribution is -0.113. The Hall–Kier alpha value is -3.73. The lowest BCUT2D eigenvalue weighted by atomic mass is 10.1. The number of aliphatic imine (C=N–C) groups is 1. The largest absolute Gasteiger partial charge is 0.496 e. The Kier molecular flexibility index (Phi) is 4.96. The average Bonchev–Trinajstić information content (AvgIpc) is 3.04. The highest BCUT2D eigenvalue weighted by molar-refractivity contribution is 6.33. The molecule has 0 unspecified atom stereocenters. The van der Waals surface area contributed by atoms with E-state index in [4.69, 9.17) is 4.74 Å². The van der Waals surface area contributed by atoms with Gasteiger partial charge < -0.3 is 4.74 Å². The van der Waals surface area contributed by atoms with E-state index in [0.717, 1.165) is 11.1 Å². The molecule has 0 N–H and O–H groups in total. The quantitative estimate of drug-likeness (QED) is 0.594. The van der Waals surface area contributed by atoms with E-state index in [9.17, 15) is 9.18 Å². The lowest BCUT2D eigenvalue weighted by Gasteiger charge is -2.19. The van der Waals surface area contributed by atoms with Gasteiger partial charge in [0.25, 0.3) is 5.91 Å². The molecule has 0 aliphatic carbocycles. The lowest BCUT2D eigenvalue weighted by Crippen LogP contribution is -2.33. The third kappa shape index (κ3) is 3.55. The summed E-state index contributed by atoms with van der Waals surface area (Å²) in [6.45, 7) is 1.94. The number of halogens is 1. The van der Waals surface area contributed by atoms with Gasteiger partial charge in [-0.25, -0.2) is 9.38 Å². The van der Waals surface area contributed by atoms with E-state index in [1.165, 1.54) is 11.0 Å². The molecule has 4 rings (SSSR count). The van der Waals surface area contributed by atoms with Crippen LogP contribution in [0.2, 0.25) is 0 Å². The van der Waals surface area contributed by atoms with Crippen molar-refractivity contribution in [1.29, 1.82) is 0 Å². The maximum absolute atomic E-state index is 14.6. The van der Waals surface area contributed by atoms with Crippen molar-refractivity contribution < 1.29 is 13.9 Å². The molecule has 0 saturated heterocycles. The molecular weight excluding hydrogens is 367 g/mol. The number of methoxy groups -OCH3 is 1. The van der Waals surface area contributed by atoms with Crippen molar-refractivity contribution in [3.8, 4) is 5.75 Å². The molecule has 0 spiro atoms. The molecule has 0 saturated carbocycles. The molecule has 1 aliphatic rings. The minimum Gasteiger partial charge on any atom is -0.496 e. The third-order valence-electron chi connectivity index (χ3n) is 4.67. The van der Waals surface area contributed by atoms with E-state index in [0.29, 0.717) is 11.4 Å². The number of hydrogen-bond donors (Lipinski definition) is 0. The summed E-state index contributed by atoms with van der Waals surface area (Å²) in [5, 5.41) is 0. The normalized spacial score (nSPS) is 15.0. The molecule has 144 valence electrons. The Balaban J connectivity index is 1.88. The second-order valence-corrected chi connectivity index (χ2v) is 6.67. The first-order valence-electron chi connectivity index (χ1n) is 9.18. The molecular formula is C24H19FN2O2. The van der Waals surface area contributed by atoms with Crippen LogP contribution in [0.25, 0.3) is 6.08 Å². The first-order valence-corrected chi connectivity index (χ1v) is 9.18. The monoisotopic (exact) mass is 386 g/mol. The van der Waals surface area contributed by atoms with Crippen LogP contribution in [0.1, 0.15) is 16.7 Å². The zero-order valence-corrected chi connectivity index (χ0v) is 16.1. The van der Waals surface area contributed by atoms with Crippen LogP contribution in [0, 0.1) is 12.7 Å². The van der Waals surface area contributed by atoms with Crippen molar-refractivity contribution in [2.75, 3.05) is 12.0 Å². The van der Waals surface area contributed by atoms with E-state index in [-0.39, 0.29) is 23.0 Å². The van der Waals surface area contributed by atoms with Crippen LogP contribution in [0.5, 0.6) is 5.75 Å². The van der Waals surface area contributed by atoms with Gasteiger partial charge in [-0.3, -0.25) is 9.69 Å². The fourth-order valence-electron chi connectivity index (χ4n) is 3.28. The van der Waals surface area contributed by atoms with E-state index < -0.39 is 5.82 Å². The van der Waals surface area contributed by atoms with E-state index >= 15 is 0 Å². The number of amides is 1. The molecule has 0 aromatic heterocycles. The van der Waals surface area contributed by atoms with Crippen LogP contribution in [0.15, 0.2) is 83.5 Å². The van der Waals surface area contributed by atoms with Gasteiger partial charge in [0.1, 0.15) is 17.3 Å². The second kappa shape index (κ2) is 7.72. The Morgan fingerprint density at radius 3 is 2.52 bits per heavy atom. The summed E-state index contributed by atoms with van der Waals surface area (Å²) in [5.74, 6) is 0.138. The zero-order valence-electron chi connectivity index (χ0n) is 16.1. The summed E-state index contributed by atoms with van der Waals surface area (Å²) in [5.41, 5.74) is 2.84. The third-order valence-corrected chi connectivity index (χ3v) is 4.67. The SMILES string of the molecule is COc1ccccc1/C=C1/N=C(c2ccccc2F)N(c2cccc(C)c2)C1=O. The van der Waals surface area contributed by atoms with Gasteiger partial charge in [-0.05, 0) is 48.9 Å². The number of carbonyl (C=O) groups is 1. The van der Waals surface area contributed by atoms with Crippen LogP contribution >= 0.6 is 0 Å². The van der Waals surface area contributed by atoms with Crippen molar-refractivity contribution in [3.05, 3.63) is 101 Å². The number of aryl methyl sites for hydroxylation is 1. The Bertz CT molecular complexity index is 1150. The first-order chi connectivity index (χ1) is 14.1. The Morgan fingerprint density at radius 1 is 1.00 bits per heavy atom. The number of para-hydroxylation sites is 1. The topological polar surface area (TPSA) is 41.9 Å². The van der Waals surface area contributed by atoms with Gasteiger partial charge in [0, 0.05) is 5.56 Å². The van der Waals surface area contributed by atoms with Crippen molar-refractivity contribution in [1.82, 2.24) is 0 Å². The zero-order chi connectivity index (χ0) is 20.4. The van der Waals surface area contributed by atoms with Gasteiger partial charge in [0.05, 0.1) is 18.4 Å². The van der Waals surface area contributed by atoms with Crippen molar-refractivity contribution in [2.24, 2.45) is 4.99 Å². The molecule has 0 radical (unpaired) electrons. The fourth-order valence-corrected chi connectivity index (χ4v) is 3.28. The van der Waals surface area contributed by atoms with Crippen molar-refractivity contribution in [3.63, 3.8) is 0 Å².